The minimum Gasteiger partial charge on any atom is -0.396 e. The second-order valence-corrected chi connectivity index (χ2v) is 6.66. The Morgan fingerprint density at radius 3 is 2.80 bits per heavy atom. The molecule has 1 aromatic heterocycles. The van der Waals surface area contributed by atoms with Gasteiger partial charge in [-0.05, 0) is 47.6 Å². The third-order valence-corrected chi connectivity index (χ3v) is 4.78. The Morgan fingerprint density at radius 1 is 1.28 bits per heavy atom. The molecule has 5 nitrogen and oxygen atoms in total. The highest BCUT2D eigenvalue weighted by Crippen LogP contribution is 2.35. The quantitative estimate of drug-likeness (QED) is 0.850. The number of fused-ring (bicyclic) bond motifs is 1. The van der Waals surface area contributed by atoms with Gasteiger partial charge in [0.2, 0.25) is 0 Å². The van der Waals surface area contributed by atoms with Crippen LogP contribution in [0.5, 0.6) is 0 Å². The zero-order valence-corrected chi connectivity index (χ0v) is 14.6. The molecular weight excluding hydrogens is 314 g/mol. The van der Waals surface area contributed by atoms with Crippen molar-refractivity contribution in [3.05, 3.63) is 65.5 Å². The van der Waals surface area contributed by atoms with Gasteiger partial charge in [0.25, 0.3) is 0 Å². The number of benzene rings is 1. The first-order chi connectivity index (χ1) is 12.2. The number of nitrogens with one attached hydrogen (secondary N) is 1. The summed E-state index contributed by atoms with van der Waals surface area (Å²) in [6, 6.07) is 12.1. The number of hydrogen-bond acceptors (Lipinski definition) is 3. The molecule has 0 fully saturated rings. The van der Waals surface area contributed by atoms with Crippen LogP contribution in [0.3, 0.4) is 0 Å². The van der Waals surface area contributed by atoms with Gasteiger partial charge in [-0.2, -0.15) is 0 Å². The average Bonchev–Trinajstić information content (AvgIpc) is 2.95. The van der Waals surface area contributed by atoms with Crippen molar-refractivity contribution in [2.45, 2.75) is 32.4 Å². The summed E-state index contributed by atoms with van der Waals surface area (Å²) in [5.74, 6) is 0.377. The van der Waals surface area contributed by atoms with Crippen molar-refractivity contribution in [1.82, 2.24) is 15.2 Å². The molecule has 25 heavy (non-hydrogen) atoms. The summed E-state index contributed by atoms with van der Waals surface area (Å²) in [4.78, 5) is 18.7. The molecule has 2 unspecified atom stereocenters. The minimum absolute atomic E-state index is 0.0396. The van der Waals surface area contributed by atoms with Crippen molar-refractivity contribution in [1.29, 1.82) is 0 Å². The number of hydrogen-bond donors (Lipinski definition) is 2. The van der Waals surface area contributed by atoms with E-state index in [0.717, 1.165) is 12.0 Å². The number of urea groups is 1. The van der Waals surface area contributed by atoms with E-state index < -0.39 is 0 Å². The normalized spacial score (nSPS) is 18.6. The molecule has 2 amide bonds. The lowest BCUT2D eigenvalue weighted by Crippen LogP contribution is -2.42. The Kier molecular flexibility index (Phi) is 5.66. The molecule has 0 radical (unpaired) electrons. The number of nitrogens with zero attached hydrogens (tertiary/aromatic N) is 2. The van der Waals surface area contributed by atoms with E-state index in [1.807, 2.05) is 24.3 Å². The third kappa shape index (κ3) is 4.17. The van der Waals surface area contributed by atoms with E-state index in [-0.39, 0.29) is 18.7 Å². The van der Waals surface area contributed by atoms with Gasteiger partial charge < -0.3 is 15.3 Å². The van der Waals surface area contributed by atoms with Gasteiger partial charge >= 0.3 is 6.03 Å². The van der Waals surface area contributed by atoms with E-state index in [0.29, 0.717) is 25.4 Å². The Labute approximate surface area is 148 Å². The van der Waals surface area contributed by atoms with E-state index >= 15 is 0 Å². The van der Waals surface area contributed by atoms with Gasteiger partial charge in [-0.3, -0.25) is 4.98 Å². The van der Waals surface area contributed by atoms with Crippen LogP contribution in [0.15, 0.2) is 48.8 Å². The molecule has 1 heterocycles. The second kappa shape index (κ2) is 8.12. The predicted octanol–water partition coefficient (Wildman–Crippen LogP) is 2.91. The molecule has 1 aliphatic rings. The SMILES string of the molecule is CC1Cc2ccccc2C1NC(=O)N(CCCO)Cc1ccncc1. The van der Waals surface area contributed by atoms with E-state index in [1.165, 1.54) is 11.1 Å². The molecule has 0 bridgehead atoms. The van der Waals surface area contributed by atoms with Gasteiger partial charge in [0, 0.05) is 32.1 Å². The number of aliphatic hydroxyl groups excluding tert-OH is 1. The molecule has 2 aromatic rings. The summed E-state index contributed by atoms with van der Waals surface area (Å²) in [5, 5.41) is 12.4. The Bertz CT molecular complexity index is 705. The fourth-order valence-electron chi connectivity index (χ4n) is 3.46. The van der Waals surface area contributed by atoms with Crippen LogP contribution >= 0.6 is 0 Å². The van der Waals surface area contributed by atoms with Gasteiger partial charge in [-0.15, -0.1) is 0 Å². The van der Waals surface area contributed by atoms with Crippen LogP contribution < -0.4 is 5.32 Å². The maximum Gasteiger partial charge on any atom is 0.318 e. The molecule has 0 saturated carbocycles. The number of carbonyl (C=O) groups is 1. The summed E-state index contributed by atoms with van der Waals surface area (Å²) >= 11 is 0. The maximum atomic E-state index is 12.9. The summed E-state index contributed by atoms with van der Waals surface area (Å²) in [6.07, 6.45) is 5.01. The van der Waals surface area contributed by atoms with E-state index in [2.05, 4.69) is 29.4 Å². The highest BCUT2D eigenvalue weighted by atomic mass is 16.3. The number of aliphatic hydroxyl groups is 1. The smallest absolute Gasteiger partial charge is 0.318 e. The average molecular weight is 339 g/mol. The highest BCUT2D eigenvalue weighted by molar-refractivity contribution is 5.75. The zero-order valence-electron chi connectivity index (χ0n) is 14.6. The molecule has 5 heteroatoms. The number of amides is 2. The molecule has 132 valence electrons. The van der Waals surface area contributed by atoms with Gasteiger partial charge in [-0.1, -0.05) is 31.2 Å². The van der Waals surface area contributed by atoms with E-state index in [4.69, 9.17) is 5.11 Å². The van der Waals surface area contributed by atoms with Crippen LogP contribution in [0.2, 0.25) is 0 Å². The fourth-order valence-corrected chi connectivity index (χ4v) is 3.46. The molecule has 0 aliphatic heterocycles. The van der Waals surface area contributed by atoms with Crippen molar-refractivity contribution in [3.8, 4) is 0 Å². The molecule has 1 aliphatic carbocycles. The summed E-state index contributed by atoms with van der Waals surface area (Å²) < 4.78 is 0. The zero-order chi connectivity index (χ0) is 17.6. The number of aromatic nitrogens is 1. The first-order valence-electron chi connectivity index (χ1n) is 8.82. The summed E-state index contributed by atoms with van der Waals surface area (Å²) in [6.45, 7) is 3.28. The van der Waals surface area contributed by atoms with Crippen molar-refractivity contribution in [2.75, 3.05) is 13.2 Å². The minimum atomic E-state index is -0.0844. The van der Waals surface area contributed by atoms with Crippen molar-refractivity contribution in [3.63, 3.8) is 0 Å². The Balaban J connectivity index is 1.71. The first kappa shape index (κ1) is 17.4. The van der Waals surface area contributed by atoms with Crippen molar-refractivity contribution in [2.24, 2.45) is 5.92 Å². The van der Waals surface area contributed by atoms with Crippen LogP contribution in [0.25, 0.3) is 0 Å². The van der Waals surface area contributed by atoms with Crippen LogP contribution in [0, 0.1) is 5.92 Å². The lowest BCUT2D eigenvalue weighted by atomic mass is 10.0. The Morgan fingerprint density at radius 2 is 2.04 bits per heavy atom. The lowest BCUT2D eigenvalue weighted by molar-refractivity contribution is 0.180. The standard InChI is InChI=1S/C20H25N3O2/c1-15-13-17-5-2-3-6-18(17)19(15)22-20(25)23(11-4-12-24)14-16-7-9-21-10-8-16/h2-3,5-10,15,19,24H,4,11-14H2,1H3,(H,22,25). The van der Waals surface area contributed by atoms with Crippen LogP contribution in [-0.4, -0.2) is 34.2 Å². The van der Waals surface area contributed by atoms with Crippen LogP contribution in [0.4, 0.5) is 4.79 Å². The molecule has 2 atom stereocenters. The fraction of sp³-hybridized carbons (Fsp3) is 0.400. The molecule has 3 rings (SSSR count). The summed E-state index contributed by atoms with van der Waals surface area (Å²) in [7, 11) is 0. The largest absolute Gasteiger partial charge is 0.396 e. The number of rotatable bonds is 6. The van der Waals surface area contributed by atoms with Crippen LogP contribution in [0.1, 0.15) is 36.1 Å². The number of pyridine rings is 1. The van der Waals surface area contributed by atoms with Gasteiger partial charge in [-0.25, -0.2) is 4.79 Å². The lowest BCUT2D eigenvalue weighted by Gasteiger charge is -2.27. The molecule has 0 spiro atoms. The monoisotopic (exact) mass is 339 g/mol. The topological polar surface area (TPSA) is 65.5 Å². The molecule has 1 aromatic carbocycles. The van der Waals surface area contributed by atoms with Gasteiger partial charge in [0.15, 0.2) is 0 Å². The molecular formula is C20H25N3O2. The first-order valence-corrected chi connectivity index (χ1v) is 8.82. The van der Waals surface area contributed by atoms with Gasteiger partial charge in [0.05, 0.1) is 6.04 Å². The molecule has 0 saturated heterocycles. The second-order valence-electron chi connectivity index (χ2n) is 6.66. The van der Waals surface area contributed by atoms with Crippen molar-refractivity contribution >= 4 is 6.03 Å². The van der Waals surface area contributed by atoms with Gasteiger partial charge in [0.1, 0.15) is 0 Å². The number of carbonyl (C=O) groups excluding carboxylic acids is 1. The Hall–Kier alpha value is -2.40. The third-order valence-electron chi connectivity index (χ3n) is 4.78. The predicted molar refractivity (Wildman–Crippen MR) is 96.9 cm³/mol. The summed E-state index contributed by atoms with van der Waals surface area (Å²) in [5.41, 5.74) is 3.56. The van der Waals surface area contributed by atoms with Crippen molar-refractivity contribution < 1.29 is 9.90 Å². The molecule has 2 N–H and O–H groups in total. The van der Waals surface area contributed by atoms with Crippen LogP contribution in [-0.2, 0) is 13.0 Å². The van der Waals surface area contributed by atoms with E-state index in [9.17, 15) is 4.79 Å². The maximum absolute atomic E-state index is 12.9. The highest BCUT2D eigenvalue weighted by Gasteiger charge is 2.31. The van der Waals surface area contributed by atoms with E-state index in [1.54, 1.807) is 17.3 Å².